The van der Waals surface area contributed by atoms with E-state index >= 15 is 0 Å². The summed E-state index contributed by atoms with van der Waals surface area (Å²) in [6, 6.07) is 0. The molecule has 1 nitrogen and oxygen atoms in total. The van der Waals surface area contributed by atoms with Crippen molar-refractivity contribution in [3.63, 3.8) is 0 Å². The monoisotopic (exact) mass is 125 g/mol. The number of rotatable bonds is 2. The fourth-order valence-electron chi connectivity index (χ4n) is 0.109. The molecule has 0 amide bonds. The topological polar surface area (TPSA) is 17.1 Å². The third-order valence-corrected chi connectivity index (χ3v) is 1.56. The predicted molar refractivity (Wildman–Crippen MR) is 31.1 cm³/mol. The normalized spacial score (nSPS) is 10.3. The summed E-state index contributed by atoms with van der Waals surface area (Å²) in [5.41, 5.74) is 0. The van der Waals surface area contributed by atoms with Crippen molar-refractivity contribution in [1.82, 2.24) is 0 Å². The van der Waals surface area contributed by atoms with Crippen molar-refractivity contribution in [1.29, 1.82) is 0 Å². The van der Waals surface area contributed by atoms with Gasteiger partial charge in [-0.1, -0.05) is 0 Å². The van der Waals surface area contributed by atoms with Crippen LogP contribution in [0.2, 0.25) is 0 Å². The average molecular weight is 126 g/mol. The van der Waals surface area contributed by atoms with Gasteiger partial charge in [0.25, 0.3) is 0 Å². The molecule has 36 valence electrons. The Morgan fingerprint density at radius 3 is 2.50 bits per heavy atom. The lowest BCUT2D eigenvalue weighted by Crippen LogP contribution is -1.87. The number of carbonyl (C=O) groups excluding carboxylic acids is 1. The Labute approximate surface area is 43.6 Å². The lowest BCUT2D eigenvalue weighted by molar-refractivity contribution is -0.114. The molecular weight excluding hydrogens is 118 g/mol. The third-order valence-electron chi connectivity index (χ3n) is 0.365. The van der Waals surface area contributed by atoms with Crippen LogP contribution in [-0.2, 0) is 4.79 Å². The summed E-state index contributed by atoms with van der Waals surface area (Å²) < 4.78 is 0. The number of hydrogen-bond acceptors (Lipinski definition) is 1. The zero-order chi connectivity index (χ0) is 4.99. The van der Waals surface area contributed by atoms with Gasteiger partial charge in [0, 0.05) is 0 Å². The highest BCUT2D eigenvalue weighted by Crippen LogP contribution is 2.13. The molecule has 0 fully saturated rings. The summed E-state index contributed by atoms with van der Waals surface area (Å²) in [7, 11) is -0.125. The van der Waals surface area contributed by atoms with E-state index in [1.54, 1.807) is 6.92 Å². The van der Waals surface area contributed by atoms with Gasteiger partial charge in [0.15, 0.2) is 5.78 Å². The molecule has 0 heterocycles. The highest BCUT2D eigenvalue weighted by molar-refractivity contribution is 7.69. The van der Waals surface area contributed by atoms with Crippen LogP contribution in [0.15, 0.2) is 0 Å². The van der Waals surface area contributed by atoms with Crippen molar-refractivity contribution in [2.24, 2.45) is 0 Å². The van der Waals surface area contributed by atoms with E-state index in [2.05, 4.69) is 0 Å². The van der Waals surface area contributed by atoms with E-state index in [4.69, 9.17) is 11.2 Å². The van der Waals surface area contributed by atoms with Gasteiger partial charge >= 0.3 is 0 Å². The fourth-order valence-corrected chi connectivity index (χ4v) is 0.978. The molecule has 1 atom stereocenters. The van der Waals surface area contributed by atoms with Crippen LogP contribution in [0.4, 0.5) is 0 Å². The van der Waals surface area contributed by atoms with Crippen LogP contribution < -0.4 is 0 Å². The van der Waals surface area contributed by atoms with Gasteiger partial charge in [0.1, 0.15) is 6.16 Å². The first-order chi connectivity index (χ1) is 2.77. The van der Waals surface area contributed by atoms with E-state index in [-0.39, 0.29) is 13.7 Å². The summed E-state index contributed by atoms with van der Waals surface area (Å²) in [5, 5.41) is 0. The molecule has 0 radical (unpaired) electrons. The van der Waals surface area contributed by atoms with Crippen LogP contribution in [0.5, 0.6) is 0 Å². The molecule has 0 aromatic heterocycles. The lowest BCUT2D eigenvalue weighted by Gasteiger charge is -1.72. The van der Waals surface area contributed by atoms with E-state index in [0.717, 1.165) is 0 Å². The zero-order valence-corrected chi connectivity index (χ0v) is 5.48. The van der Waals surface area contributed by atoms with Crippen LogP contribution in [0, 0.1) is 0 Å². The number of carbonyl (C=O) groups is 1. The standard InChI is InChI=1S/C3H6ClOP/c1-3(5)2-6-4/h6H,2H2,1H3/p+1. The van der Waals surface area contributed by atoms with E-state index in [1.807, 2.05) is 0 Å². The maximum absolute atomic E-state index is 9.98. The molecule has 0 N–H and O–H groups in total. The van der Waals surface area contributed by atoms with Crippen LogP contribution in [0.25, 0.3) is 0 Å². The van der Waals surface area contributed by atoms with Crippen molar-refractivity contribution in [3.05, 3.63) is 0 Å². The predicted octanol–water partition coefficient (Wildman–Crippen LogP) is 1.14. The Hall–Kier alpha value is 0.390. The van der Waals surface area contributed by atoms with Gasteiger partial charge in [-0.3, -0.25) is 4.79 Å². The van der Waals surface area contributed by atoms with E-state index < -0.39 is 0 Å². The molecule has 0 aromatic carbocycles. The van der Waals surface area contributed by atoms with Crippen molar-refractivity contribution in [3.8, 4) is 0 Å². The number of halogens is 1. The molecular formula is C3H7ClOP+. The SMILES string of the molecule is CC(=O)C[PH2+]Cl. The van der Waals surface area contributed by atoms with Crippen LogP contribution in [-0.4, -0.2) is 11.9 Å². The Morgan fingerprint density at radius 2 is 2.50 bits per heavy atom. The second kappa shape index (κ2) is 3.58. The van der Waals surface area contributed by atoms with Gasteiger partial charge in [-0.2, -0.15) is 0 Å². The fraction of sp³-hybridized carbons (Fsp3) is 0.667. The molecule has 0 aliphatic rings. The molecule has 0 bridgehead atoms. The lowest BCUT2D eigenvalue weighted by atomic mass is 10.5. The van der Waals surface area contributed by atoms with Crippen LogP contribution >= 0.6 is 19.2 Å². The van der Waals surface area contributed by atoms with Gasteiger partial charge < -0.3 is 0 Å². The van der Waals surface area contributed by atoms with Crippen molar-refractivity contribution in [2.45, 2.75) is 6.92 Å². The minimum Gasteiger partial charge on any atom is -0.296 e. The second-order valence-corrected chi connectivity index (χ2v) is 2.70. The van der Waals surface area contributed by atoms with Crippen LogP contribution in [0.1, 0.15) is 6.92 Å². The molecule has 0 spiro atoms. The Bertz CT molecular complexity index is 54.8. The Morgan fingerprint density at radius 1 is 2.00 bits per heavy atom. The Balaban J connectivity index is 2.83. The van der Waals surface area contributed by atoms with Crippen LogP contribution in [0.3, 0.4) is 0 Å². The van der Waals surface area contributed by atoms with Crippen molar-refractivity contribution < 1.29 is 4.79 Å². The quantitative estimate of drug-likeness (QED) is 0.506. The first kappa shape index (κ1) is 6.39. The summed E-state index contributed by atoms with van der Waals surface area (Å²) in [6.07, 6.45) is 0.585. The number of ketones is 1. The number of Topliss-reactive ketones (excluding diaryl/α,β-unsaturated/α-hetero) is 1. The first-order valence-corrected chi connectivity index (χ1v) is 4.25. The van der Waals surface area contributed by atoms with Gasteiger partial charge in [-0.05, 0) is 6.92 Å². The van der Waals surface area contributed by atoms with E-state index in [9.17, 15) is 4.79 Å². The molecule has 1 unspecified atom stereocenters. The van der Waals surface area contributed by atoms with Gasteiger partial charge in [-0.25, -0.2) is 0 Å². The van der Waals surface area contributed by atoms with Gasteiger partial charge in [0.2, 0.25) is 0 Å². The zero-order valence-electron chi connectivity index (χ0n) is 3.57. The smallest absolute Gasteiger partial charge is 0.167 e. The second-order valence-electron chi connectivity index (χ2n) is 1.06. The summed E-state index contributed by atoms with van der Waals surface area (Å²) in [5.74, 6) is 0.194. The van der Waals surface area contributed by atoms with Crippen molar-refractivity contribution >= 4 is 25.0 Å². The summed E-state index contributed by atoms with van der Waals surface area (Å²) in [4.78, 5) is 9.98. The van der Waals surface area contributed by atoms with E-state index in [1.165, 1.54) is 0 Å². The van der Waals surface area contributed by atoms with Crippen molar-refractivity contribution in [2.75, 3.05) is 6.16 Å². The maximum atomic E-state index is 9.98. The highest BCUT2D eigenvalue weighted by atomic mass is 35.7. The minimum atomic E-state index is -0.125. The minimum absolute atomic E-state index is 0.125. The summed E-state index contributed by atoms with van der Waals surface area (Å²) >= 11 is 5.26. The molecule has 6 heavy (non-hydrogen) atoms. The largest absolute Gasteiger partial charge is 0.296 e. The summed E-state index contributed by atoms with van der Waals surface area (Å²) in [6.45, 7) is 1.55. The molecule has 0 rings (SSSR count). The highest BCUT2D eigenvalue weighted by Gasteiger charge is 1.92. The average Bonchev–Trinajstić information content (AvgIpc) is 1.35. The van der Waals surface area contributed by atoms with E-state index in [0.29, 0.717) is 6.16 Å². The maximum Gasteiger partial charge on any atom is 0.167 e. The molecule has 0 aromatic rings. The molecule has 0 saturated heterocycles. The van der Waals surface area contributed by atoms with Gasteiger partial charge in [0.05, 0.1) is 19.2 Å². The molecule has 0 saturated carbocycles. The molecule has 0 aliphatic heterocycles. The third kappa shape index (κ3) is 4.39. The number of hydrogen-bond donors (Lipinski definition) is 0. The molecule has 0 aliphatic carbocycles. The first-order valence-electron chi connectivity index (χ1n) is 1.68. The Kier molecular flexibility index (Phi) is 3.81. The molecule has 3 heteroatoms. The van der Waals surface area contributed by atoms with Gasteiger partial charge in [-0.15, -0.1) is 0 Å².